The zero-order valence-corrected chi connectivity index (χ0v) is 18.2. The van der Waals surface area contributed by atoms with Gasteiger partial charge in [-0.2, -0.15) is 0 Å². The summed E-state index contributed by atoms with van der Waals surface area (Å²) in [6, 6.07) is 23.1. The molecule has 0 spiro atoms. The van der Waals surface area contributed by atoms with Crippen LogP contribution in [-0.4, -0.2) is 22.5 Å². The number of benzene rings is 3. The Kier molecular flexibility index (Phi) is 9.20. The van der Waals surface area contributed by atoms with Crippen molar-refractivity contribution in [3.63, 3.8) is 0 Å². The monoisotopic (exact) mass is 432 g/mol. The van der Waals surface area contributed by atoms with Crippen molar-refractivity contribution in [2.24, 2.45) is 0 Å². The summed E-state index contributed by atoms with van der Waals surface area (Å²) in [7, 11) is 0. The van der Waals surface area contributed by atoms with Gasteiger partial charge in [0.25, 0.3) is 6.47 Å². The van der Waals surface area contributed by atoms with Gasteiger partial charge in [0.15, 0.2) is 5.78 Å². The van der Waals surface area contributed by atoms with Crippen molar-refractivity contribution in [1.29, 1.82) is 0 Å². The minimum Gasteiger partial charge on any atom is -0.506 e. The fraction of sp³-hybridized carbons (Fsp3) is 0.154. The number of anilines is 1. The number of para-hydroxylation sites is 2. The van der Waals surface area contributed by atoms with Crippen LogP contribution in [0.5, 0.6) is 5.75 Å². The molecule has 6 heteroatoms. The molecule has 6 nitrogen and oxygen atoms in total. The highest BCUT2D eigenvalue weighted by Crippen LogP contribution is 2.26. The van der Waals surface area contributed by atoms with Gasteiger partial charge in [0.05, 0.1) is 5.69 Å². The van der Waals surface area contributed by atoms with Crippen LogP contribution in [0.15, 0.2) is 79.4 Å². The molecule has 0 saturated heterocycles. The maximum Gasteiger partial charge on any atom is 0.290 e. The summed E-state index contributed by atoms with van der Waals surface area (Å²) in [5.74, 6) is 0.274. The van der Waals surface area contributed by atoms with Gasteiger partial charge in [-0.05, 0) is 42.7 Å². The van der Waals surface area contributed by atoms with Crippen molar-refractivity contribution < 1.29 is 19.8 Å². The smallest absolute Gasteiger partial charge is 0.290 e. The maximum atomic E-state index is 11.4. The van der Waals surface area contributed by atoms with Crippen molar-refractivity contribution in [2.75, 3.05) is 5.32 Å². The summed E-state index contributed by atoms with van der Waals surface area (Å²) in [4.78, 5) is 19.7. The number of Topliss-reactive ketones (excluding diaryl/α,β-unsaturated/α-hetero) is 1. The number of phenolic OH excluding ortho intramolecular Hbond substituents is 1. The van der Waals surface area contributed by atoms with Gasteiger partial charge >= 0.3 is 0 Å². The highest BCUT2D eigenvalue weighted by atomic mass is 16.3. The first-order chi connectivity index (χ1) is 15.3. The van der Waals surface area contributed by atoms with Crippen LogP contribution in [0.4, 0.5) is 5.69 Å². The number of phenols is 1. The SMILES string of the molecule is C=C(Nc1ccccc1O)c1ccc(C(C)NCc2ccc(C(C)=O)cc2)cc1.O=CO. The van der Waals surface area contributed by atoms with E-state index in [2.05, 4.69) is 36.3 Å². The molecule has 166 valence electrons. The first-order valence-corrected chi connectivity index (χ1v) is 10.1. The molecule has 32 heavy (non-hydrogen) atoms. The lowest BCUT2D eigenvalue weighted by molar-refractivity contribution is -0.122. The summed E-state index contributed by atoms with van der Waals surface area (Å²) in [5.41, 5.74) is 5.36. The van der Waals surface area contributed by atoms with Crippen molar-refractivity contribution in [2.45, 2.75) is 26.4 Å². The summed E-state index contributed by atoms with van der Waals surface area (Å²) < 4.78 is 0. The van der Waals surface area contributed by atoms with E-state index in [4.69, 9.17) is 9.90 Å². The fourth-order valence-corrected chi connectivity index (χ4v) is 3.03. The molecule has 0 bridgehead atoms. The summed E-state index contributed by atoms with van der Waals surface area (Å²) in [6.45, 7) is 8.24. The fourth-order valence-electron chi connectivity index (χ4n) is 3.03. The second-order valence-corrected chi connectivity index (χ2v) is 7.20. The molecule has 3 rings (SSSR count). The van der Waals surface area contributed by atoms with Crippen LogP contribution in [0.2, 0.25) is 0 Å². The molecule has 0 aromatic heterocycles. The number of aromatic hydroxyl groups is 1. The lowest BCUT2D eigenvalue weighted by Crippen LogP contribution is -2.18. The van der Waals surface area contributed by atoms with Gasteiger partial charge in [-0.15, -0.1) is 0 Å². The molecule has 0 fully saturated rings. The lowest BCUT2D eigenvalue weighted by Gasteiger charge is -2.16. The van der Waals surface area contributed by atoms with Gasteiger partial charge in [-0.25, -0.2) is 0 Å². The first-order valence-electron chi connectivity index (χ1n) is 10.1. The van der Waals surface area contributed by atoms with Crippen molar-refractivity contribution in [3.8, 4) is 5.75 Å². The molecule has 1 unspecified atom stereocenters. The third-order valence-corrected chi connectivity index (χ3v) is 4.92. The van der Waals surface area contributed by atoms with E-state index in [-0.39, 0.29) is 24.0 Å². The quantitative estimate of drug-likeness (QED) is 0.221. The zero-order chi connectivity index (χ0) is 23.5. The van der Waals surface area contributed by atoms with Crippen molar-refractivity contribution in [1.82, 2.24) is 5.32 Å². The van der Waals surface area contributed by atoms with Crippen LogP contribution >= 0.6 is 0 Å². The van der Waals surface area contributed by atoms with Gasteiger partial charge in [0, 0.05) is 23.8 Å². The Morgan fingerprint density at radius 3 is 2.12 bits per heavy atom. The highest BCUT2D eigenvalue weighted by molar-refractivity contribution is 5.94. The van der Waals surface area contributed by atoms with E-state index in [0.717, 1.165) is 28.9 Å². The number of carbonyl (C=O) groups is 2. The lowest BCUT2D eigenvalue weighted by atomic mass is 10.0. The molecule has 0 saturated carbocycles. The number of ketones is 1. The van der Waals surface area contributed by atoms with E-state index in [1.165, 1.54) is 5.56 Å². The number of hydrogen-bond acceptors (Lipinski definition) is 5. The number of rotatable bonds is 8. The van der Waals surface area contributed by atoms with E-state index >= 15 is 0 Å². The predicted molar refractivity (Wildman–Crippen MR) is 128 cm³/mol. The van der Waals surface area contributed by atoms with Crippen LogP contribution in [0.1, 0.15) is 46.9 Å². The number of carboxylic acid groups (broad SMARTS) is 1. The summed E-state index contributed by atoms with van der Waals surface area (Å²) in [5, 5.41) is 23.4. The average Bonchev–Trinajstić information content (AvgIpc) is 2.80. The molecule has 1 atom stereocenters. The Morgan fingerprint density at radius 2 is 1.56 bits per heavy atom. The van der Waals surface area contributed by atoms with E-state index < -0.39 is 0 Å². The molecule has 0 aliphatic carbocycles. The van der Waals surface area contributed by atoms with E-state index in [1.807, 2.05) is 48.5 Å². The summed E-state index contributed by atoms with van der Waals surface area (Å²) in [6.07, 6.45) is 0. The van der Waals surface area contributed by atoms with Crippen molar-refractivity contribution >= 4 is 23.6 Å². The normalized spacial score (nSPS) is 10.9. The molecular formula is C26H28N2O4. The number of hydrogen-bond donors (Lipinski definition) is 4. The predicted octanol–water partition coefficient (Wildman–Crippen LogP) is 5.23. The molecule has 3 aromatic carbocycles. The zero-order valence-electron chi connectivity index (χ0n) is 18.2. The van der Waals surface area contributed by atoms with E-state index in [1.54, 1.807) is 19.1 Å². The van der Waals surface area contributed by atoms with Crippen LogP contribution in [-0.2, 0) is 11.3 Å². The Bertz CT molecular complexity index is 1040. The molecule has 3 aromatic rings. The Morgan fingerprint density at radius 1 is 1.00 bits per heavy atom. The topological polar surface area (TPSA) is 98.7 Å². The molecule has 0 radical (unpaired) electrons. The average molecular weight is 433 g/mol. The Labute approximate surface area is 188 Å². The van der Waals surface area contributed by atoms with Crippen molar-refractivity contribution in [3.05, 3.63) is 102 Å². The minimum atomic E-state index is -0.250. The van der Waals surface area contributed by atoms with Gasteiger partial charge in [0.1, 0.15) is 5.75 Å². The number of carbonyl (C=O) groups excluding carboxylic acids is 1. The Balaban J connectivity index is 0.00000114. The molecule has 0 aliphatic heterocycles. The molecule has 4 N–H and O–H groups in total. The second kappa shape index (κ2) is 12.1. The van der Waals surface area contributed by atoms with Crippen LogP contribution in [0.3, 0.4) is 0 Å². The molecule has 0 amide bonds. The van der Waals surface area contributed by atoms with E-state index in [9.17, 15) is 9.90 Å². The number of nitrogens with one attached hydrogen (secondary N) is 2. The largest absolute Gasteiger partial charge is 0.506 e. The van der Waals surface area contributed by atoms with Gasteiger partial charge in [-0.1, -0.05) is 67.2 Å². The molecule has 0 heterocycles. The summed E-state index contributed by atoms with van der Waals surface area (Å²) >= 11 is 0. The Hall–Kier alpha value is -3.90. The molecule has 0 aliphatic rings. The minimum absolute atomic E-state index is 0.0801. The van der Waals surface area contributed by atoms with Gasteiger partial charge in [0.2, 0.25) is 0 Å². The third-order valence-electron chi connectivity index (χ3n) is 4.92. The standard InChI is InChI=1S/C25H26N2O2.CH2O2/c1-17(26-16-20-8-10-23(11-9-20)19(3)28)21-12-14-22(15-13-21)18(2)27-24-6-4-5-7-25(24)29;2-1-3/h4-15,17,26-27,29H,2,16H2,1,3H3;1H,(H,2,3). The van der Waals surface area contributed by atoms with Crippen LogP contribution in [0, 0.1) is 0 Å². The van der Waals surface area contributed by atoms with Crippen LogP contribution in [0.25, 0.3) is 5.70 Å². The second-order valence-electron chi connectivity index (χ2n) is 7.20. The highest BCUT2D eigenvalue weighted by Gasteiger charge is 2.08. The third kappa shape index (κ3) is 7.11. The first kappa shape index (κ1) is 24.4. The maximum absolute atomic E-state index is 11.4. The molecular weight excluding hydrogens is 404 g/mol. The van der Waals surface area contributed by atoms with Crippen LogP contribution < -0.4 is 10.6 Å². The van der Waals surface area contributed by atoms with Gasteiger partial charge < -0.3 is 20.8 Å². The van der Waals surface area contributed by atoms with Gasteiger partial charge in [-0.3, -0.25) is 9.59 Å². The van der Waals surface area contributed by atoms with E-state index in [0.29, 0.717) is 5.69 Å².